The highest BCUT2D eigenvalue weighted by Gasteiger charge is 2.31. The van der Waals surface area contributed by atoms with Gasteiger partial charge in [-0.2, -0.15) is 0 Å². The first-order valence-corrected chi connectivity index (χ1v) is 8.15. The standard InChI is InChI=1S/C15H27N3O4/c1-2-21-8-9-22-12-15(20)17-6-3-4-13(11-17)18-7-5-16-10-14(18)19/h13,16H,2-12H2,1H3. The van der Waals surface area contributed by atoms with Crippen LogP contribution in [-0.4, -0.2) is 86.8 Å². The molecule has 2 aliphatic heterocycles. The number of hydrogen-bond acceptors (Lipinski definition) is 5. The maximum absolute atomic E-state index is 12.2. The average molecular weight is 313 g/mol. The van der Waals surface area contributed by atoms with Gasteiger partial charge >= 0.3 is 0 Å². The molecule has 22 heavy (non-hydrogen) atoms. The Balaban J connectivity index is 1.74. The second-order valence-electron chi connectivity index (χ2n) is 5.65. The lowest BCUT2D eigenvalue weighted by Crippen LogP contribution is -2.57. The molecule has 7 nitrogen and oxygen atoms in total. The van der Waals surface area contributed by atoms with Gasteiger partial charge in [0.1, 0.15) is 6.61 Å². The number of amides is 2. The molecule has 7 heteroatoms. The van der Waals surface area contributed by atoms with Crippen LogP contribution in [0.25, 0.3) is 0 Å². The predicted molar refractivity (Wildman–Crippen MR) is 81.5 cm³/mol. The van der Waals surface area contributed by atoms with Crippen molar-refractivity contribution in [2.75, 3.05) is 59.2 Å². The number of ether oxygens (including phenoxy) is 2. The monoisotopic (exact) mass is 313 g/mol. The van der Waals surface area contributed by atoms with Gasteiger partial charge in [-0.05, 0) is 19.8 Å². The molecule has 1 atom stereocenters. The smallest absolute Gasteiger partial charge is 0.248 e. The van der Waals surface area contributed by atoms with Crippen LogP contribution in [0.3, 0.4) is 0 Å². The highest BCUT2D eigenvalue weighted by molar-refractivity contribution is 5.80. The predicted octanol–water partition coefficient (Wildman–Crippen LogP) is -0.538. The number of hydrogen-bond donors (Lipinski definition) is 1. The van der Waals surface area contributed by atoms with Crippen LogP contribution >= 0.6 is 0 Å². The second kappa shape index (κ2) is 9.07. The Hall–Kier alpha value is -1.18. The highest BCUT2D eigenvalue weighted by atomic mass is 16.5. The number of carbonyl (C=O) groups excluding carboxylic acids is 2. The van der Waals surface area contributed by atoms with Crippen LogP contribution in [-0.2, 0) is 19.1 Å². The van der Waals surface area contributed by atoms with E-state index in [1.807, 2.05) is 16.7 Å². The summed E-state index contributed by atoms with van der Waals surface area (Å²) in [7, 11) is 0. The molecule has 1 unspecified atom stereocenters. The van der Waals surface area contributed by atoms with Gasteiger partial charge in [0.05, 0.1) is 19.8 Å². The van der Waals surface area contributed by atoms with Crippen LogP contribution < -0.4 is 5.32 Å². The molecule has 2 aliphatic rings. The minimum absolute atomic E-state index is 0.00350. The number of carbonyl (C=O) groups is 2. The van der Waals surface area contributed by atoms with Crippen LogP contribution in [0.4, 0.5) is 0 Å². The molecule has 0 spiro atoms. The van der Waals surface area contributed by atoms with Crippen LogP contribution in [0.15, 0.2) is 0 Å². The number of nitrogens with zero attached hydrogens (tertiary/aromatic N) is 2. The third-order valence-electron chi connectivity index (χ3n) is 4.12. The molecule has 0 saturated carbocycles. The molecule has 2 amide bonds. The Morgan fingerprint density at radius 3 is 2.91 bits per heavy atom. The van der Waals surface area contributed by atoms with Crippen LogP contribution in [0.2, 0.25) is 0 Å². The molecule has 0 aromatic heterocycles. The van der Waals surface area contributed by atoms with Crippen molar-refractivity contribution in [2.45, 2.75) is 25.8 Å². The van der Waals surface area contributed by atoms with E-state index >= 15 is 0 Å². The molecule has 2 saturated heterocycles. The fourth-order valence-electron chi connectivity index (χ4n) is 2.96. The Kier molecular flexibility index (Phi) is 7.08. The van der Waals surface area contributed by atoms with E-state index in [4.69, 9.17) is 9.47 Å². The number of rotatable bonds is 7. The Bertz CT molecular complexity index is 378. The summed E-state index contributed by atoms with van der Waals surface area (Å²) < 4.78 is 10.5. The summed E-state index contributed by atoms with van der Waals surface area (Å²) in [5.41, 5.74) is 0. The molecule has 0 aromatic carbocycles. The zero-order valence-corrected chi connectivity index (χ0v) is 13.4. The van der Waals surface area contributed by atoms with E-state index in [1.54, 1.807) is 0 Å². The highest BCUT2D eigenvalue weighted by Crippen LogP contribution is 2.17. The fraction of sp³-hybridized carbons (Fsp3) is 0.867. The number of nitrogens with one attached hydrogen (secondary N) is 1. The quantitative estimate of drug-likeness (QED) is 0.639. The number of likely N-dealkylation sites (tertiary alicyclic amines) is 1. The number of piperidine rings is 1. The average Bonchev–Trinajstić information content (AvgIpc) is 2.55. The summed E-state index contributed by atoms with van der Waals surface area (Å²) >= 11 is 0. The molecule has 2 rings (SSSR count). The fourth-order valence-corrected chi connectivity index (χ4v) is 2.96. The van der Waals surface area contributed by atoms with Gasteiger partial charge in [0.2, 0.25) is 11.8 Å². The van der Waals surface area contributed by atoms with Crippen molar-refractivity contribution in [3.05, 3.63) is 0 Å². The largest absolute Gasteiger partial charge is 0.379 e. The van der Waals surface area contributed by atoms with E-state index in [9.17, 15) is 9.59 Å². The van der Waals surface area contributed by atoms with Gasteiger partial charge in [-0.25, -0.2) is 0 Å². The maximum atomic E-state index is 12.2. The van der Waals surface area contributed by atoms with Crippen LogP contribution in [0.1, 0.15) is 19.8 Å². The molecular formula is C15H27N3O4. The third-order valence-corrected chi connectivity index (χ3v) is 4.12. The SMILES string of the molecule is CCOCCOCC(=O)N1CCCC(N2CCNCC2=O)C1. The van der Waals surface area contributed by atoms with Crippen molar-refractivity contribution in [3.63, 3.8) is 0 Å². The summed E-state index contributed by atoms with van der Waals surface area (Å²) in [6, 6.07) is 0.149. The molecule has 2 heterocycles. The Morgan fingerprint density at radius 2 is 2.14 bits per heavy atom. The van der Waals surface area contributed by atoms with E-state index in [0.29, 0.717) is 32.9 Å². The molecule has 0 radical (unpaired) electrons. The zero-order valence-electron chi connectivity index (χ0n) is 13.4. The topological polar surface area (TPSA) is 71.1 Å². The summed E-state index contributed by atoms with van der Waals surface area (Å²) in [5, 5.41) is 3.08. The lowest BCUT2D eigenvalue weighted by atomic mass is 10.0. The molecule has 0 aliphatic carbocycles. The number of piperazine rings is 1. The molecule has 1 N–H and O–H groups in total. The third kappa shape index (κ3) is 4.93. The molecule has 126 valence electrons. The van der Waals surface area contributed by atoms with Crippen molar-refractivity contribution in [3.8, 4) is 0 Å². The molecule has 0 bridgehead atoms. The summed E-state index contributed by atoms with van der Waals surface area (Å²) in [6.07, 6.45) is 1.91. The zero-order chi connectivity index (χ0) is 15.8. The minimum atomic E-state index is 0.00350. The van der Waals surface area contributed by atoms with Gasteiger partial charge in [0.25, 0.3) is 0 Å². The van der Waals surface area contributed by atoms with Crippen molar-refractivity contribution < 1.29 is 19.1 Å². The normalized spacial score (nSPS) is 23.0. The molecule has 0 aromatic rings. The van der Waals surface area contributed by atoms with E-state index in [2.05, 4.69) is 5.32 Å². The van der Waals surface area contributed by atoms with Gasteiger partial charge < -0.3 is 24.6 Å². The van der Waals surface area contributed by atoms with Crippen molar-refractivity contribution in [1.29, 1.82) is 0 Å². The van der Waals surface area contributed by atoms with E-state index in [0.717, 1.165) is 32.5 Å². The Morgan fingerprint density at radius 1 is 1.32 bits per heavy atom. The van der Waals surface area contributed by atoms with Crippen LogP contribution in [0, 0.1) is 0 Å². The maximum Gasteiger partial charge on any atom is 0.248 e. The van der Waals surface area contributed by atoms with Gasteiger partial charge in [-0.15, -0.1) is 0 Å². The van der Waals surface area contributed by atoms with Crippen LogP contribution in [0.5, 0.6) is 0 Å². The van der Waals surface area contributed by atoms with E-state index in [1.165, 1.54) is 0 Å². The Labute approximate surface area is 131 Å². The first-order chi connectivity index (χ1) is 10.7. The van der Waals surface area contributed by atoms with Crippen molar-refractivity contribution in [1.82, 2.24) is 15.1 Å². The van der Waals surface area contributed by atoms with Crippen molar-refractivity contribution >= 4 is 11.8 Å². The van der Waals surface area contributed by atoms with E-state index in [-0.39, 0.29) is 24.5 Å². The minimum Gasteiger partial charge on any atom is -0.379 e. The summed E-state index contributed by atoms with van der Waals surface area (Å²) in [6.45, 7) is 6.98. The van der Waals surface area contributed by atoms with Gasteiger partial charge in [0.15, 0.2) is 0 Å². The summed E-state index contributed by atoms with van der Waals surface area (Å²) in [4.78, 5) is 27.9. The molecule has 2 fully saturated rings. The van der Waals surface area contributed by atoms with E-state index < -0.39 is 0 Å². The molecular weight excluding hydrogens is 286 g/mol. The van der Waals surface area contributed by atoms with Gasteiger partial charge in [0, 0.05) is 38.8 Å². The first kappa shape index (κ1) is 17.2. The lowest BCUT2D eigenvalue weighted by molar-refractivity contribution is -0.143. The lowest BCUT2D eigenvalue weighted by Gasteiger charge is -2.41. The first-order valence-electron chi connectivity index (χ1n) is 8.15. The van der Waals surface area contributed by atoms with Gasteiger partial charge in [-0.3, -0.25) is 9.59 Å². The second-order valence-corrected chi connectivity index (χ2v) is 5.65. The van der Waals surface area contributed by atoms with Gasteiger partial charge in [-0.1, -0.05) is 0 Å². The van der Waals surface area contributed by atoms with Crippen molar-refractivity contribution in [2.24, 2.45) is 0 Å². The summed E-state index contributed by atoms with van der Waals surface area (Å²) in [5.74, 6) is 0.141.